The molecule has 0 saturated heterocycles. The van der Waals surface area contributed by atoms with Crippen LogP contribution >= 0.6 is 12.4 Å². The molecule has 0 radical (unpaired) electrons. The monoisotopic (exact) mass is 230 g/mol. The highest BCUT2D eigenvalue weighted by atomic mass is 35.5. The summed E-state index contributed by atoms with van der Waals surface area (Å²) in [5, 5.41) is 0. The van der Waals surface area contributed by atoms with Crippen LogP contribution < -0.4 is 16.2 Å². The number of benzene rings is 1. The largest absolute Gasteiger partial charge is 0.497 e. The number of halogens is 1. The lowest BCUT2D eigenvalue weighted by molar-refractivity contribution is 0.413. The van der Waals surface area contributed by atoms with E-state index in [2.05, 4.69) is 0 Å². The molecule has 0 amide bonds. The molecule has 1 aromatic rings. The third-order valence-electron chi connectivity index (χ3n) is 2.24. The second-order valence-corrected chi connectivity index (χ2v) is 3.31. The van der Waals surface area contributed by atoms with Gasteiger partial charge in [0.05, 0.1) is 7.11 Å². The highest BCUT2D eigenvalue weighted by molar-refractivity contribution is 5.85. The quantitative estimate of drug-likeness (QED) is 0.812. The van der Waals surface area contributed by atoms with E-state index in [1.807, 2.05) is 24.3 Å². The van der Waals surface area contributed by atoms with Gasteiger partial charge in [0, 0.05) is 6.04 Å². The molecule has 1 atom stereocenters. The van der Waals surface area contributed by atoms with Gasteiger partial charge in [-0.2, -0.15) is 0 Å². The summed E-state index contributed by atoms with van der Waals surface area (Å²) in [6.07, 6.45) is 1.88. The molecule has 0 aliphatic carbocycles. The molecule has 0 saturated carbocycles. The molecule has 4 N–H and O–H groups in total. The number of ether oxygens (including phenoxy) is 1. The number of hydrogen-bond acceptors (Lipinski definition) is 3. The van der Waals surface area contributed by atoms with Crippen LogP contribution in [0.25, 0.3) is 0 Å². The van der Waals surface area contributed by atoms with E-state index in [1.54, 1.807) is 7.11 Å². The van der Waals surface area contributed by atoms with Crippen molar-refractivity contribution in [2.24, 2.45) is 11.5 Å². The van der Waals surface area contributed by atoms with Crippen LogP contribution in [-0.4, -0.2) is 13.7 Å². The predicted molar refractivity (Wildman–Crippen MR) is 65.5 cm³/mol. The fourth-order valence-electron chi connectivity index (χ4n) is 1.38. The Morgan fingerprint density at radius 1 is 1.40 bits per heavy atom. The maximum absolute atomic E-state index is 5.99. The molecular weight excluding hydrogens is 212 g/mol. The van der Waals surface area contributed by atoms with E-state index in [1.165, 1.54) is 0 Å². The molecule has 0 aliphatic heterocycles. The third-order valence-corrected chi connectivity index (χ3v) is 2.24. The van der Waals surface area contributed by atoms with Crippen molar-refractivity contribution in [2.45, 2.75) is 18.9 Å². The Bertz CT molecular complexity index is 281. The molecule has 4 heteroatoms. The lowest BCUT2D eigenvalue weighted by Crippen LogP contribution is -2.12. The smallest absolute Gasteiger partial charge is 0.119 e. The second-order valence-electron chi connectivity index (χ2n) is 3.31. The van der Waals surface area contributed by atoms with E-state index >= 15 is 0 Å². The summed E-state index contributed by atoms with van der Waals surface area (Å²) in [5.74, 6) is 0.852. The van der Waals surface area contributed by atoms with Crippen LogP contribution in [-0.2, 0) is 0 Å². The van der Waals surface area contributed by atoms with Gasteiger partial charge in [-0.15, -0.1) is 12.4 Å². The first-order valence-electron chi connectivity index (χ1n) is 4.87. The van der Waals surface area contributed by atoms with Gasteiger partial charge in [0.2, 0.25) is 0 Å². The zero-order chi connectivity index (χ0) is 10.4. The lowest BCUT2D eigenvalue weighted by Gasteiger charge is -2.12. The van der Waals surface area contributed by atoms with Gasteiger partial charge in [-0.1, -0.05) is 12.1 Å². The number of hydrogen-bond donors (Lipinski definition) is 2. The van der Waals surface area contributed by atoms with E-state index in [0.717, 1.165) is 24.2 Å². The molecule has 3 nitrogen and oxygen atoms in total. The van der Waals surface area contributed by atoms with Crippen LogP contribution in [0, 0.1) is 0 Å². The third kappa shape index (κ3) is 4.51. The zero-order valence-electron chi connectivity index (χ0n) is 8.98. The lowest BCUT2D eigenvalue weighted by atomic mass is 10.0. The Balaban J connectivity index is 0.00000196. The average Bonchev–Trinajstić information content (AvgIpc) is 2.26. The molecule has 0 spiro atoms. The van der Waals surface area contributed by atoms with Gasteiger partial charge in [-0.25, -0.2) is 0 Å². The van der Waals surface area contributed by atoms with Crippen molar-refractivity contribution in [3.63, 3.8) is 0 Å². The fourth-order valence-corrected chi connectivity index (χ4v) is 1.38. The van der Waals surface area contributed by atoms with Crippen LogP contribution in [0.3, 0.4) is 0 Å². The zero-order valence-corrected chi connectivity index (χ0v) is 9.80. The van der Waals surface area contributed by atoms with Gasteiger partial charge in [0.15, 0.2) is 0 Å². The van der Waals surface area contributed by atoms with Crippen LogP contribution in [0.5, 0.6) is 5.75 Å². The molecular formula is C11H19ClN2O. The van der Waals surface area contributed by atoms with Crippen molar-refractivity contribution in [1.29, 1.82) is 0 Å². The summed E-state index contributed by atoms with van der Waals surface area (Å²) < 4.78 is 5.13. The standard InChI is InChI=1S/C11H18N2O.ClH/c1-14-10-5-2-4-9(8-10)11(13)6-3-7-12;/h2,4-5,8,11H,3,6-7,12-13H2,1H3;1H/t11-;/m1./s1. The minimum Gasteiger partial charge on any atom is -0.497 e. The van der Waals surface area contributed by atoms with Crippen LogP contribution in [0.1, 0.15) is 24.4 Å². The molecule has 0 heterocycles. The fraction of sp³-hybridized carbons (Fsp3) is 0.455. The van der Waals surface area contributed by atoms with Crippen LogP contribution in [0.2, 0.25) is 0 Å². The maximum Gasteiger partial charge on any atom is 0.119 e. The summed E-state index contributed by atoms with van der Waals surface area (Å²) in [6, 6.07) is 7.93. The van der Waals surface area contributed by atoms with Crippen molar-refractivity contribution in [3.8, 4) is 5.75 Å². The molecule has 0 bridgehead atoms. The van der Waals surface area contributed by atoms with Crippen molar-refractivity contribution in [1.82, 2.24) is 0 Å². The first-order chi connectivity index (χ1) is 6.77. The first-order valence-corrected chi connectivity index (χ1v) is 4.87. The van der Waals surface area contributed by atoms with E-state index in [9.17, 15) is 0 Å². The van der Waals surface area contributed by atoms with Gasteiger partial charge in [0.25, 0.3) is 0 Å². The van der Waals surface area contributed by atoms with Gasteiger partial charge in [-0.3, -0.25) is 0 Å². The minimum atomic E-state index is 0. The van der Waals surface area contributed by atoms with E-state index in [-0.39, 0.29) is 18.4 Å². The van der Waals surface area contributed by atoms with Crippen molar-refractivity contribution >= 4 is 12.4 Å². The van der Waals surface area contributed by atoms with Crippen LogP contribution in [0.15, 0.2) is 24.3 Å². The SMILES string of the molecule is COc1cccc([C@H](N)CCCN)c1.Cl. The summed E-state index contributed by atoms with van der Waals surface area (Å²) >= 11 is 0. The topological polar surface area (TPSA) is 61.3 Å². The molecule has 15 heavy (non-hydrogen) atoms. The summed E-state index contributed by atoms with van der Waals surface area (Å²) in [6.45, 7) is 0.692. The molecule has 0 aliphatic rings. The summed E-state index contributed by atoms with van der Waals surface area (Å²) in [7, 11) is 1.66. The maximum atomic E-state index is 5.99. The Morgan fingerprint density at radius 3 is 2.73 bits per heavy atom. The van der Waals surface area contributed by atoms with E-state index in [4.69, 9.17) is 16.2 Å². The Labute approximate surface area is 97.2 Å². The van der Waals surface area contributed by atoms with Crippen LogP contribution in [0.4, 0.5) is 0 Å². The van der Waals surface area contributed by atoms with Gasteiger partial charge >= 0.3 is 0 Å². The van der Waals surface area contributed by atoms with Crippen molar-refractivity contribution in [2.75, 3.05) is 13.7 Å². The summed E-state index contributed by atoms with van der Waals surface area (Å²) in [5.41, 5.74) is 12.5. The Morgan fingerprint density at radius 2 is 2.13 bits per heavy atom. The highest BCUT2D eigenvalue weighted by Crippen LogP contribution is 2.20. The number of methoxy groups -OCH3 is 1. The molecule has 1 aromatic carbocycles. The Kier molecular flexibility index (Phi) is 7.13. The van der Waals surface area contributed by atoms with Gasteiger partial charge < -0.3 is 16.2 Å². The van der Waals surface area contributed by atoms with Gasteiger partial charge in [0.1, 0.15) is 5.75 Å². The number of nitrogens with two attached hydrogens (primary N) is 2. The van der Waals surface area contributed by atoms with E-state index < -0.39 is 0 Å². The summed E-state index contributed by atoms with van der Waals surface area (Å²) in [4.78, 5) is 0. The molecule has 1 rings (SSSR count). The normalized spacial score (nSPS) is 11.7. The average molecular weight is 231 g/mol. The molecule has 0 fully saturated rings. The minimum absolute atomic E-state index is 0. The molecule has 0 unspecified atom stereocenters. The molecule has 0 aromatic heterocycles. The molecule has 86 valence electrons. The van der Waals surface area contributed by atoms with E-state index in [0.29, 0.717) is 6.54 Å². The van der Waals surface area contributed by atoms with Gasteiger partial charge in [-0.05, 0) is 37.1 Å². The highest BCUT2D eigenvalue weighted by Gasteiger charge is 2.05. The van der Waals surface area contributed by atoms with Crippen molar-refractivity contribution in [3.05, 3.63) is 29.8 Å². The second kappa shape index (κ2) is 7.51. The predicted octanol–water partition coefficient (Wildman–Crippen LogP) is 1.86. The Hall–Kier alpha value is -0.770. The first kappa shape index (κ1) is 14.2. The number of rotatable bonds is 5. The van der Waals surface area contributed by atoms with Crippen molar-refractivity contribution < 1.29 is 4.74 Å².